The van der Waals surface area contributed by atoms with E-state index in [2.05, 4.69) is 84.1 Å². The van der Waals surface area contributed by atoms with Crippen LogP contribution in [0.2, 0.25) is 0 Å². The molecule has 0 saturated carbocycles. The van der Waals surface area contributed by atoms with E-state index in [1.54, 1.807) is 58.0 Å². The van der Waals surface area contributed by atoms with E-state index < -0.39 is 235 Å². The van der Waals surface area contributed by atoms with Crippen LogP contribution >= 0.6 is 0 Å². The average Bonchev–Trinajstić information content (AvgIpc) is 1.73. The summed E-state index contributed by atoms with van der Waals surface area (Å²) in [4.78, 5) is 253. The lowest BCUT2D eigenvalue weighted by atomic mass is 10.00. The summed E-state index contributed by atoms with van der Waals surface area (Å²) in [6, 6.07) is -12.3. The minimum absolute atomic E-state index is 0.0100. The molecule has 3 rings (SSSR count). The number of nitrogens with one attached hydrogen (secondary N) is 14. The number of likely N-dealkylation sites (tertiary alicyclic amines) is 1. The fraction of sp³-hybridized carbons (Fsp3) is 0.606. The van der Waals surface area contributed by atoms with Crippen LogP contribution in [0.25, 0.3) is 0 Å². The van der Waals surface area contributed by atoms with Crippen LogP contribution < -0.4 is 104 Å². The summed E-state index contributed by atoms with van der Waals surface area (Å²) in [5.41, 5.74) is 34.4. The van der Waals surface area contributed by atoms with Gasteiger partial charge in [0.05, 0.1) is 37.9 Å². The number of carbonyl (C=O) groups is 18. The minimum atomic E-state index is -1.79. The van der Waals surface area contributed by atoms with E-state index in [0.29, 0.717) is 12.8 Å². The molecule has 115 heavy (non-hydrogen) atoms. The Kier molecular flexibility index (Phi) is 41.3. The first-order valence-electron chi connectivity index (χ1n) is 37.5. The number of aliphatic imine (C=N–C) groups is 1. The third-order valence-electron chi connectivity index (χ3n) is 17.9. The summed E-state index contributed by atoms with van der Waals surface area (Å²) in [6.45, 7) is 10.6. The molecule has 1 aliphatic heterocycles. The quantitative estimate of drug-likeness (QED) is 0.0166. The molecule has 29 N–H and O–H groups in total. The molecule has 0 radical (unpaired) electrons. The minimum Gasteiger partial charge on any atom is -0.481 e. The van der Waals surface area contributed by atoms with Crippen molar-refractivity contribution in [3.05, 3.63) is 54.1 Å². The number of guanidine groups is 1. The lowest BCUT2D eigenvalue weighted by Crippen LogP contribution is -2.62. The number of nitrogens with zero attached hydrogens (tertiary/aromatic N) is 3. The molecular formula is C71H113N23O21. The molecule has 1 aliphatic rings. The first kappa shape index (κ1) is 97.2. The summed E-state index contributed by atoms with van der Waals surface area (Å²) in [6.07, 6.45) is -1.67. The van der Waals surface area contributed by atoms with E-state index in [1.165, 1.54) is 40.2 Å². The molecule has 44 heteroatoms. The van der Waals surface area contributed by atoms with Crippen LogP contribution in [0.3, 0.4) is 0 Å². The van der Waals surface area contributed by atoms with Crippen molar-refractivity contribution in [3.8, 4) is 0 Å². The van der Waals surface area contributed by atoms with E-state index in [1.807, 2.05) is 0 Å². The Balaban J connectivity index is 1.81. The van der Waals surface area contributed by atoms with Gasteiger partial charge in [-0.3, -0.25) is 86.5 Å². The van der Waals surface area contributed by atoms with Gasteiger partial charge < -0.3 is 129 Å². The highest BCUT2D eigenvalue weighted by atomic mass is 16.4. The second-order valence-electron chi connectivity index (χ2n) is 28.6. The Bertz CT molecular complexity index is 3730. The van der Waals surface area contributed by atoms with Crippen molar-refractivity contribution in [1.29, 1.82) is 0 Å². The number of carboxylic acid groups (broad SMARTS) is 2. The summed E-state index contributed by atoms with van der Waals surface area (Å²) in [5.74, 6) is -20.3. The van der Waals surface area contributed by atoms with Crippen molar-refractivity contribution in [2.24, 2.45) is 51.2 Å². The zero-order chi connectivity index (χ0) is 86.5. The van der Waals surface area contributed by atoms with Crippen molar-refractivity contribution < 1.29 is 102 Å². The van der Waals surface area contributed by atoms with Gasteiger partial charge in [-0.25, -0.2) is 9.78 Å². The standard InChI is InChI=1S/C71H113N23O21/c1-34(2)26-46(91-68(112)56(39(8)95)93-59(103)38(7)84-60(104)42(73)27-40-16-10-9-11-17-40)64(108)85-43(19-14-24-79-71(76)77)62(106)86-44(21-22-54(99)100)63(107)89-47(28-41-31-78-33-81-41)66(110)92-55(35(3)4)69(113)94-25-15-20-50(94)67(111)90-48(29-51(74)96)61(105)80-32-53(98)82-36(5)57(101)83-37(6)58(102)88-49(30-52(75)97)65(109)87-45(70(114)115)18-12-13-23-72/h9-11,16-17,31,33-39,42-50,55-56,95H,12-15,18-30,32,72-73H2,1-8H3,(H2,74,96)(H2,75,97)(H,78,81)(H,80,105)(H,82,98)(H,83,101)(H,84,104)(H,85,108)(H,86,106)(H,87,109)(H,88,102)(H,89,107)(H,90,111)(H,91,112)(H,92,110)(H,93,103)(H,99,100)(H,114,115)(H4,76,77,79)/t36-,37-,38-,39+,42-,43-,44-,45-,46-,47-,48-,49-,50-,55-,56-/m0/s1. The Hall–Kier alpha value is -12.0. The van der Waals surface area contributed by atoms with Crippen LogP contribution in [0.15, 0.2) is 47.8 Å². The smallest absolute Gasteiger partial charge is 0.326 e. The molecule has 44 nitrogen and oxygen atoms in total. The van der Waals surface area contributed by atoms with Crippen LogP contribution in [0.4, 0.5) is 0 Å². The number of nitrogens with two attached hydrogens (primary N) is 6. The van der Waals surface area contributed by atoms with Gasteiger partial charge in [-0.2, -0.15) is 0 Å². The Morgan fingerprint density at radius 2 is 1.05 bits per heavy atom. The van der Waals surface area contributed by atoms with Gasteiger partial charge in [-0.05, 0) is 116 Å². The number of carbonyl (C=O) groups excluding carboxylic acids is 16. The molecule has 2 aromatic rings. The summed E-state index contributed by atoms with van der Waals surface area (Å²) >= 11 is 0. The topological polar surface area (TPSA) is 725 Å². The fourth-order valence-electron chi connectivity index (χ4n) is 11.7. The first-order valence-corrected chi connectivity index (χ1v) is 37.5. The van der Waals surface area contributed by atoms with Gasteiger partial charge in [0, 0.05) is 37.8 Å². The number of unbranched alkanes of at least 4 members (excludes halogenated alkanes) is 1. The third kappa shape index (κ3) is 34.9. The maximum absolute atomic E-state index is 14.7. The highest BCUT2D eigenvalue weighted by Crippen LogP contribution is 2.22. The van der Waals surface area contributed by atoms with Crippen LogP contribution in [0.5, 0.6) is 0 Å². The van der Waals surface area contributed by atoms with E-state index in [4.69, 9.17) is 34.4 Å². The second-order valence-corrected chi connectivity index (χ2v) is 28.6. The molecule has 15 atom stereocenters. The van der Waals surface area contributed by atoms with Crippen LogP contribution in [0, 0.1) is 11.8 Å². The average molecular weight is 1620 g/mol. The van der Waals surface area contributed by atoms with Crippen molar-refractivity contribution in [2.75, 3.05) is 26.2 Å². The van der Waals surface area contributed by atoms with Crippen LogP contribution in [-0.4, -0.2) is 259 Å². The molecule has 16 amide bonds. The number of aromatic amines is 1. The van der Waals surface area contributed by atoms with Gasteiger partial charge in [-0.15, -0.1) is 0 Å². The number of benzene rings is 1. The lowest BCUT2D eigenvalue weighted by molar-refractivity contribution is -0.143. The van der Waals surface area contributed by atoms with Crippen molar-refractivity contribution in [3.63, 3.8) is 0 Å². The van der Waals surface area contributed by atoms with E-state index in [0.717, 1.165) is 10.5 Å². The predicted molar refractivity (Wildman–Crippen MR) is 409 cm³/mol. The van der Waals surface area contributed by atoms with Crippen molar-refractivity contribution >= 4 is 112 Å². The largest absolute Gasteiger partial charge is 0.481 e. The number of primary amides is 2. The fourth-order valence-corrected chi connectivity index (χ4v) is 11.7. The number of aromatic nitrogens is 2. The van der Waals surface area contributed by atoms with Crippen LogP contribution in [-0.2, 0) is 99.1 Å². The molecule has 0 spiro atoms. The van der Waals surface area contributed by atoms with E-state index in [9.17, 15) is 102 Å². The second kappa shape index (κ2) is 48.8. The number of aliphatic hydroxyl groups excluding tert-OH is 1. The maximum Gasteiger partial charge on any atom is 0.326 e. The molecule has 0 bridgehead atoms. The van der Waals surface area contributed by atoms with Gasteiger partial charge in [0.1, 0.15) is 78.5 Å². The Morgan fingerprint density at radius 1 is 0.548 bits per heavy atom. The lowest BCUT2D eigenvalue weighted by Gasteiger charge is -2.32. The molecular weight excluding hydrogens is 1510 g/mol. The number of aliphatic hydroxyl groups is 1. The summed E-state index contributed by atoms with van der Waals surface area (Å²) in [5, 5.41) is 61.5. The van der Waals surface area contributed by atoms with Gasteiger partial charge >= 0.3 is 11.9 Å². The van der Waals surface area contributed by atoms with E-state index in [-0.39, 0.29) is 88.6 Å². The zero-order valence-electron chi connectivity index (χ0n) is 65.6. The molecule has 2 heterocycles. The number of H-pyrrole nitrogens is 1. The number of carboxylic acids is 2. The normalized spacial score (nSPS) is 16.1. The highest BCUT2D eigenvalue weighted by molar-refractivity contribution is 6.01. The molecule has 1 saturated heterocycles. The van der Waals surface area contributed by atoms with Gasteiger partial charge in [0.2, 0.25) is 94.5 Å². The van der Waals surface area contributed by atoms with Crippen molar-refractivity contribution in [1.82, 2.24) is 84.0 Å². The van der Waals surface area contributed by atoms with E-state index >= 15 is 0 Å². The molecule has 0 unspecified atom stereocenters. The van der Waals surface area contributed by atoms with Crippen LogP contribution in [0.1, 0.15) is 144 Å². The third-order valence-corrected chi connectivity index (χ3v) is 17.9. The number of aliphatic carboxylic acids is 2. The zero-order valence-corrected chi connectivity index (χ0v) is 65.6. The molecule has 0 aliphatic carbocycles. The van der Waals surface area contributed by atoms with Gasteiger partial charge in [0.15, 0.2) is 5.96 Å². The number of imidazole rings is 1. The SMILES string of the molecule is CC(C)C[C@H](NC(=O)[C@@H](NC(=O)[C@H](C)NC(=O)[C@@H](N)Cc1ccccc1)[C@@H](C)O)C(=O)N[C@@H](CCCN=C(N)N)C(=O)N[C@@H](CCC(=O)O)C(=O)N[C@@H](Cc1cnc[nH]1)C(=O)N[C@H](C(=O)N1CCC[C@H]1C(=O)N[C@@H](CC(N)=O)C(=O)NCC(=O)N[C@@H](C)C(=O)N[C@@H](C)C(=O)N[C@@H](CC(N)=O)C(=O)N[C@@H](CCCCN)C(=O)O)C(C)C. The van der Waals surface area contributed by atoms with Crippen molar-refractivity contribution in [2.45, 2.75) is 236 Å². The molecule has 1 fully saturated rings. The van der Waals surface area contributed by atoms with Gasteiger partial charge in [-0.1, -0.05) is 58.0 Å². The molecule has 1 aromatic heterocycles. The maximum atomic E-state index is 14.7. The Labute approximate surface area is 663 Å². The summed E-state index contributed by atoms with van der Waals surface area (Å²) < 4.78 is 0. The molecule has 1 aromatic carbocycles. The first-order chi connectivity index (χ1) is 54.0. The molecule has 638 valence electrons. The van der Waals surface area contributed by atoms with Gasteiger partial charge in [0.25, 0.3) is 0 Å². The Morgan fingerprint density at radius 3 is 1.60 bits per heavy atom. The predicted octanol–water partition coefficient (Wildman–Crippen LogP) is -8.53. The highest BCUT2D eigenvalue weighted by Gasteiger charge is 2.42. The number of amides is 16. The number of hydrogen-bond donors (Lipinski definition) is 23. The number of rotatable bonds is 51. The summed E-state index contributed by atoms with van der Waals surface area (Å²) in [7, 11) is 0. The number of hydrogen-bond acceptors (Lipinski definition) is 23. The monoisotopic (exact) mass is 1620 g/mol.